The summed E-state index contributed by atoms with van der Waals surface area (Å²) in [6.45, 7) is 2.72. The molecule has 26 heavy (non-hydrogen) atoms. The molecule has 0 amide bonds. The van der Waals surface area contributed by atoms with Crippen molar-refractivity contribution in [3.05, 3.63) is 47.9 Å². The van der Waals surface area contributed by atoms with Gasteiger partial charge in [-0.2, -0.15) is 0 Å². The lowest BCUT2D eigenvalue weighted by Gasteiger charge is -2.29. The molecule has 1 aliphatic heterocycles. The molecule has 2 aromatic rings. The number of anilines is 2. The Morgan fingerprint density at radius 2 is 1.92 bits per heavy atom. The van der Waals surface area contributed by atoms with Gasteiger partial charge in [-0.15, -0.1) is 13.2 Å². The Hall–Kier alpha value is -2.55. The van der Waals surface area contributed by atoms with E-state index in [4.69, 9.17) is 4.74 Å². The van der Waals surface area contributed by atoms with E-state index in [0.29, 0.717) is 43.4 Å². The predicted molar refractivity (Wildman–Crippen MR) is 87.7 cm³/mol. The molecule has 0 bridgehead atoms. The molecule has 1 aliphatic rings. The molecule has 1 fully saturated rings. The van der Waals surface area contributed by atoms with E-state index in [9.17, 15) is 17.6 Å². The van der Waals surface area contributed by atoms with Crippen LogP contribution in [0, 0.1) is 5.82 Å². The number of hydrogen-bond acceptors (Lipinski definition) is 5. The summed E-state index contributed by atoms with van der Waals surface area (Å²) in [5.74, 6) is -0.366. The Kier molecular flexibility index (Phi) is 5.46. The second-order valence-corrected chi connectivity index (χ2v) is 5.67. The first-order chi connectivity index (χ1) is 12.4. The van der Waals surface area contributed by atoms with Crippen LogP contribution in [0.5, 0.6) is 5.75 Å². The summed E-state index contributed by atoms with van der Waals surface area (Å²) >= 11 is 0. The maximum atomic E-state index is 14.3. The molecule has 2 heterocycles. The summed E-state index contributed by atoms with van der Waals surface area (Å²) in [5.41, 5.74) is 1.22. The van der Waals surface area contributed by atoms with Gasteiger partial charge >= 0.3 is 6.36 Å². The first kappa shape index (κ1) is 18.2. The summed E-state index contributed by atoms with van der Waals surface area (Å²) in [6, 6.07) is 7.46. The number of aromatic nitrogens is 1. The van der Waals surface area contributed by atoms with Crippen molar-refractivity contribution < 1.29 is 27.0 Å². The second kappa shape index (κ2) is 7.77. The molecule has 0 spiro atoms. The molecule has 0 radical (unpaired) electrons. The highest BCUT2D eigenvalue weighted by Crippen LogP contribution is 2.24. The molecular formula is C17H17F4N3O2. The standard InChI is InChI=1S/C17H17F4N3O2/c18-14-9-12(1-3-15(14)24-5-7-25-8-6-24)10-22-16-4-2-13(11-23-16)26-17(19,20)21/h1-4,9,11H,5-8,10H2,(H,22,23). The van der Waals surface area contributed by atoms with Crippen LogP contribution in [-0.2, 0) is 11.3 Å². The molecule has 0 atom stereocenters. The van der Waals surface area contributed by atoms with Crippen molar-refractivity contribution >= 4 is 11.5 Å². The maximum absolute atomic E-state index is 14.3. The van der Waals surface area contributed by atoms with Gasteiger partial charge < -0.3 is 19.7 Å². The van der Waals surface area contributed by atoms with Crippen molar-refractivity contribution in [2.24, 2.45) is 0 Å². The number of morpholine rings is 1. The highest BCUT2D eigenvalue weighted by atomic mass is 19.4. The molecule has 3 rings (SSSR count). The SMILES string of the molecule is Fc1cc(CNc2ccc(OC(F)(F)F)cn2)ccc1N1CCOCC1. The molecule has 9 heteroatoms. The number of ether oxygens (including phenoxy) is 2. The number of rotatable bonds is 5. The Morgan fingerprint density at radius 1 is 1.15 bits per heavy atom. The van der Waals surface area contributed by atoms with Crippen LogP contribution in [0.25, 0.3) is 0 Å². The molecule has 1 aromatic heterocycles. The van der Waals surface area contributed by atoms with Gasteiger partial charge in [-0.1, -0.05) is 6.07 Å². The number of benzene rings is 1. The minimum Gasteiger partial charge on any atom is -0.404 e. The fraction of sp³-hybridized carbons (Fsp3) is 0.353. The van der Waals surface area contributed by atoms with E-state index in [0.717, 1.165) is 12.3 Å². The van der Waals surface area contributed by atoms with Gasteiger partial charge in [0.1, 0.15) is 17.4 Å². The Bertz CT molecular complexity index is 732. The van der Waals surface area contributed by atoms with Gasteiger partial charge in [-0.25, -0.2) is 9.37 Å². The van der Waals surface area contributed by atoms with E-state index in [-0.39, 0.29) is 12.4 Å². The lowest BCUT2D eigenvalue weighted by molar-refractivity contribution is -0.274. The minimum absolute atomic E-state index is 0.285. The first-order valence-electron chi connectivity index (χ1n) is 7.97. The first-order valence-corrected chi connectivity index (χ1v) is 7.97. The third-order valence-electron chi connectivity index (χ3n) is 3.81. The van der Waals surface area contributed by atoms with Gasteiger partial charge in [-0.3, -0.25) is 0 Å². The minimum atomic E-state index is -4.75. The zero-order valence-corrected chi connectivity index (χ0v) is 13.7. The Labute approximate surface area is 147 Å². The number of hydrogen-bond donors (Lipinski definition) is 1. The van der Waals surface area contributed by atoms with Gasteiger partial charge in [0.2, 0.25) is 0 Å². The van der Waals surface area contributed by atoms with Gasteiger partial charge in [0.15, 0.2) is 0 Å². The second-order valence-electron chi connectivity index (χ2n) is 5.67. The molecule has 0 saturated carbocycles. The normalized spacial score (nSPS) is 15.0. The molecule has 0 aliphatic carbocycles. The van der Waals surface area contributed by atoms with Crippen LogP contribution in [0.2, 0.25) is 0 Å². The van der Waals surface area contributed by atoms with Crippen molar-refractivity contribution in [3.8, 4) is 5.75 Å². The van der Waals surface area contributed by atoms with E-state index >= 15 is 0 Å². The quantitative estimate of drug-likeness (QED) is 0.815. The lowest BCUT2D eigenvalue weighted by Crippen LogP contribution is -2.36. The van der Waals surface area contributed by atoms with E-state index in [1.165, 1.54) is 12.1 Å². The van der Waals surface area contributed by atoms with E-state index in [1.54, 1.807) is 12.1 Å². The lowest BCUT2D eigenvalue weighted by atomic mass is 10.1. The summed E-state index contributed by atoms with van der Waals surface area (Å²) < 4.78 is 59.6. The molecule has 140 valence electrons. The van der Waals surface area contributed by atoms with Crippen LogP contribution in [0.3, 0.4) is 0 Å². The molecule has 1 saturated heterocycles. The number of halogens is 4. The van der Waals surface area contributed by atoms with Crippen LogP contribution < -0.4 is 15.0 Å². The van der Waals surface area contributed by atoms with Gasteiger partial charge in [0.25, 0.3) is 0 Å². The topological polar surface area (TPSA) is 46.6 Å². The van der Waals surface area contributed by atoms with Gasteiger partial charge in [-0.05, 0) is 29.8 Å². The molecule has 1 aromatic carbocycles. The van der Waals surface area contributed by atoms with Crippen molar-refractivity contribution in [1.82, 2.24) is 4.98 Å². The van der Waals surface area contributed by atoms with Crippen LogP contribution >= 0.6 is 0 Å². The average Bonchev–Trinajstić information content (AvgIpc) is 2.61. The summed E-state index contributed by atoms with van der Waals surface area (Å²) in [6.07, 6.45) is -3.78. The summed E-state index contributed by atoms with van der Waals surface area (Å²) in [5, 5.41) is 2.93. The summed E-state index contributed by atoms with van der Waals surface area (Å²) in [7, 11) is 0. The average molecular weight is 371 g/mol. The molecule has 0 unspecified atom stereocenters. The van der Waals surface area contributed by atoms with Crippen LogP contribution in [0.1, 0.15) is 5.56 Å². The third-order valence-corrected chi connectivity index (χ3v) is 3.81. The number of nitrogens with one attached hydrogen (secondary N) is 1. The Balaban J connectivity index is 1.58. The molecular weight excluding hydrogens is 354 g/mol. The monoisotopic (exact) mass is 371 g/mol. The largest absolute Gasteiger partial charge is 0.573 e. The summed E-state index contributed by atoms with van der Waals surface area (Å²) in [4.78, 5) is 5.77. The number of alkyl halides is 3. The van der Waals surface area contributed by atoms with Gasteiger partial charge in [0.05, 0.1) is 25.1 Å². The van der Waals surface area contributed by atoms with Crippen molar-refractivity contribution in [3.63, 3.8) is 0 Å². The van der Waals surface area contributed by atoms with Crippen molar-refractivity contribution in [2.75, 3.05) is 36.5 Å². The zero-order valence-electron chi connectivity index (χ0n) is 13.7. The highest BCUT2D eigenvalue weighted by Gasteiger charge is 2.31. The van der Waals surface area contributed by atoms with E-state index in [1.807, 2.05) is 4.90 Å². The molecule has 1 N–H and O–H groups in total. The molecule has 5 nitrogen and oxygen atoms in total. The van der Waals surface area contributed by atoms with Crippen molar-refractivity contribution in [2.45, 2.75) is 12.9 Å². The van der Waals surface area contributed by atoms with Crippen molar-refractivity contribution in [1.29, 1.82) is 0 Å². The maximum Gasteiger partial charge on any atom is 0.573 e. The van der Waals surface area contributed by atoms with Gasteiger partial charge in [0, 0.05) is 19.6 Å². The van der Waals surface area contributed by atoms with Crippen LogP contribution in [0.4, 0.5) is 29.1 Å². The van der Waals surface area contributed by atoms with E-state index in [2.05, 4.69) is 15.0 Å². The van der Waals surface area contributed by atoms with Crippen LogP contribution in [0.15, 0.2) is 36.5 Å². The van der Waals surface area contributed by atoms with E-state index < -0.39 is 12.1 Å². The fourth-order valence-electron chi connectivity index (χ4n) is 2.59. The van der Waals surface area contributed by atoms with Crippen LogP contribution in [-0.4, -0.2) is 37.6 Å². The number of nitrogens with zero attached hydrogens (tertiary/aromatic N) is 2. The number of pyridine rings is 1. The third kappa shape index (κ3) is 4.98. The fourth-order valence-corrected chi connectivity index (χ4v) is 2.59. The smallest absolute Gasteiger partial charge is 0.404 e. The predicted octanol–water partition coefficient (Wildman–Crippen LogP) is 3.57. The highest BCUT2D eigenvalue weighted by molar-refractivity contribution is 5.50. The zero-order chi connectivity index (χ0) is 18.6. The Morgan fingerprint density at radius 3 is 2.54 bits per heavy atom.